The molecular weight excluding hydrogens is 549 g/mol. The highest BCUT2D eigenvalue weighted by atomic mass is 35.5. The van der Waals surface area contributed by atoms with Crippen molar-refractivity contribution < 1.29 is 28.7 Å². The van der Waals surface area contributed by atoms with Crippen molar-refractivity contribution in [2.75, 3.05) is 24.6 Å². The molecule has 1 aromatic carbocycles. The molecule has 3 fully saturated rings. The second kappa shape index (κ2) is 10.3. The van der Waals surface area contributed by atoms with Crippen LogP contribution < -0.4 is 15.5 Å². The second-order valence-corrected chi connectivity index (χ2v) is 11.1. The number of Topliss-reactive ketones (excluding diaryl/α,β-unsaturated/α-hetero) is 1. The number of fused-ring (bicyclic) bond motifs is 1. The number of halogens is 2. The highest BCUT2D eigenvalue weighted by Gasteiger charge is 2.56. The summed E-state index contributed by atoms with van der Waals surface area (Å²) in [6, 6.07) is 4.16. The number of benzene rings is 1. The number of anilines is 1. The summed E-state index contributed by atoms with van der Waals surface area (Å²) in [7, 11) is 0. The molecule has 3 aliphatic heterocycles. The summed E-state index contributed by atoms with van der Waals surface area (Å²) in [5.74, 6) is -2.21. The molecule has 2 N–H and O–H groups in total. The fraction of sp³-hybridized carbons (Fsp3) is 0.500. The third-order valence-electron chi connectivity index (χ3n) is 7.59. The normalized spacial score (nSPS) is 24.7. The molecule has 1 saturated carbocycles. The summed E-state index contributed by atoms with van der Waals surface area (Å²) in [5, 5.41) is 6.72. The number of hydrogen-bond acceptors (Lipinski definition) is 8. The zero-order valence-corrected chi connectivity index (χ0v) is 23.1. The fourth-order valence-corrected chi connectivity index (χ4v) is 5.95. The van der Waals surface area contributed by atoms with E-state index < -0.39 is 35.7 Å². The molecular formula is C26H29Cl2N5O6. The van der Waals surface area contributed by atoms with E-state index in [9.17, 15) is 24.0 Å². The van der Waals surface area contributed by atoms with E-state index in [0.29, 0.717) is 41.5 Å². The Hall–Kier alpha value is -3.31. The molecule has 2 saturated heterocycles. The maximum atomic E-state index is 13.4. The lowest BCUT2D eigenvalue weighted by Crippen LogP contribution is -2.52. The van der Waals surface area contributed by atoms with E-state index in [4.69, 9.17) is 27.9 Å². The van der Waals surface area contributed by atoms with Gasteiger partial charge in [0.25, 0.3) is 11.8 Å². The zero-order chi connectivity index (χ0) is 28.1. The third kappa shape index (κ3) is 5.05. The van der Waals surface area contributed by atoms with E-state index in [1.54, 1.807) is 41.8 Å². The largest absolute Gasteiger partial charge is 0.466 e. The predicted octanol–water partition coefficient (Wildman–Crippen LogP) is 1.78. The molecule has 2 unspecified atom stereocenters. The molecule has 13 heteroatoms. The van der Waals surface area contributed by atoms with Crippen LogP contribution in [0.25, 0.3) is 0 Å². The molecule has 1 aromatic rings. The molecule has 3 amide bonds. The number of esters is 1. The smallest absolute Gasteiger partial charge is 0.313 e. The number of amides is 3. The van der Waals surface area contributed by atoms with Crippen LogP contribution >= 0.6 is 23.2 Å². The Morgan fingerprint density at radius 2 is 1.85 bits per heavy atom. The number of rotatable bonds is 8. The van der Waals surface area contributed by atoms with Gasteiger partial charge in [-0.1, -0.05) is 23.2 Å². The van der Waals surface area contributed by atoms with Crippen molar-refractivity contribution in [2.45, 2.75) is 57.4 Å². The SMILES string of the molecule is CCOC(=O)CC(=O)C1CCN(C(=O)C2(NC(=O)C3=CNC4N(c5cc(Cl)cc(Cl)c5)C(=O)[C@H](C)N34)CC2)C1. The first kappa shape index (κ1) is 27.3. The molecule has 3 atom stereocenters. The number of carbonyl (C=O) groups is 5. The molecule has 4 aliphatic rings. The Balaban J connectivity index is 1.23. The predicted molar refractivity (Wildman–Crippen MR) is 141 cm³/mol. The number of nitrogens with zero attached hydrogens (tertiary/aromatic N) is 3. The Kier molecular flexibility index (Phi) is 7.23. The fourth-order valence-electron chi connectivity index (χ4n) is 5.44. The standard InChI is InChI=1S/C26H29Cl2N5O6/c1-3-39-21(35)11-20(34)15-4-7-31(13-15)24(38)26(5-6-26)30-22(36)19-12-29-25-32(19)14(2)23(37)33(25)18-9-16(27)8-17(28)10-18/h8-10,12,14-15,25,29H,3-7,11,13H2,1-2H3,(H,30,36)/t14-,15?,25?/m0/s1. The van der Waals surface area contributed by atoms with Crippen LogP contribution in [-0.2, 0) is 28.7 Å². The first-order valence-corrected chi connectivity index (χ1v) is 13.6. The van der Waals surface area contributed by atoms with E-state index in [1.165, 1.54) is 11.1 Å². The maximum absolute atomic E-state index is 13.4. The van der Waals surface area contributed by atoms with E-state index in [1.807, 2.05) is 0 Å². The van der Waals surface area contributed by atoms with Crippen LogP contribution in [0, 0.1) is 5.92 Å². The number of ketones is 1. The lowest BCUT2D eigenvalue weighted by atomic mass is 10.0. The number of nitrogens with one attached hydrogen (secondary N) is 2. The molecule has 208 valence electrons. The van der Waals surface area contributed by atoms with Crippen LogP contribution in [-0.4, -0.2) is 76.8 Å². The van der Waals surface area contributed by atoms with Crippen LogP contribution in [0.4, 0.5) is 5.69 Å². The van der Waals surface area contributed by atoms with Gasteiger partial charge in [0.15, 0.2) is 6.29 Å². The van der Waals surface area contributed by atoms with E-state index in [-0.39, 0.29) is 42.9 Å². The topological polar surface area (TPSA) is 128 Å². The van der Waals surface area contributed by atoms with Gasteiger partial charge in [-0.25, -0.2) is 0 Å². The van der Waals surface area contributed by atoms with Gasteiger partial charge < -0.3 is 25.2 Å². The molecule has 0 radical (unpaired) electrons. The molecule has 1 aliphatic carbocycles. The van der Waals surface area contributed by atoms with Crippen molar-refractivity contribution in [3.05, 3.63) is 40.1 Å². The van der Waals surface area contributed by atoms with Gasteiger partial charge in [0, 0.05) is 35.3 Å². The quantitative estimate of drug-likeness (QED) is 0.353. The maximum Gasteiger partial charge on any atom is 0.313 e. The molecule has 0 spiro atoms. The molecule has 3 heterocycles. The first-order chi connectivity index (χ1) is 18.5. The molecule has 0 aromatic heterocycles. The van der Waals surface area contributed by atoms with Gasteiger partial charge in [0.2, 0.25) is 5.91 Å². The number of likely N-dealkylation sites (tertiary alicyclic amines) is 1. The summed E-state index contributed by atoms with van der Waals surface area (Å²) in [4.78, 5) is 68.8. The molecule has 39 heavy (non-hydrogen) atoms. The summed E-state index contributed by atoms with van der Waals surface area (Å²) in [6.07, 6.45) is 1.97. The van der Waals surface area contributed by atoms with Crippen LogP contribution in [0.1, 0.15) is 39.5 Å². The monoisotopic (exact) mass is 577 g/mol. The van der Waals surface area contributed by atoms with Gasteiger partial charge in [-0.15, -0.1) is 0 Å². The minimum Gasteiger partial charge on any atom is -0.466 e. The Bertz CT molecular complexity index is 1260. The Morgan fingerprint density at radius 3 is 2.49 bits per heavy atom. The second-order valence-electron chi connectivity index (χ2n) is 10.2. The van der Waals surface area contributed by atoms with Gasteiger partial charge >= 0.3 is 5.97 Å². The Morgan fingerprint density at radius 1 is 1.15 bits per heavy atom. The highest BCUT2D eigenvalue weighted by molar-refractivity contribution is 6.35. The molecule has 11 nitrogen and oxygen atoms in total. The van der Waals surface area contributed by atoms with E-state index >= 15 is 0 Å². The number of carbonyl (C=O) groups excluding carboxylic acids is 5. The number of hydrogen-bond donors (Lipinski definition) is 2. The first-order valence-electron chi connectivity index (χ1n) is 12.9. The average molecular weight is 578 g/mol. The van der Waals surface area contributed by atoms with Gasteiger partial charge in [-0.3, -0.25) is 28.9 Å². The van der Waals surface area contributed by atoms with E-state index in [0.717, 1.165) is 0 Å². The van der Waals surface area contributed by atoms with Crippen molar-refractivity contribution in [1.82, 2.24) is 20.4 Å². The zero-order valence-electron chi connectivity index (χ0n) is 21.5. The summed E-state index contributed by atoms with van der Waals surface area (Å²) >= 11 is 12.3. The van der Waals surface area contributed by atoms with E-state index in [2.05, 4.69) is 10.6 Å². The van der Waals surface area contributed by atoms with Crippen LogP contribution in [0.5, 0.6) is 0 Å². The van der Waals surface area contributed by atoms with Gasteiger partial charge in [-0.05, 0) is 51.3 Å². The van der Waals surface area contributed by atoms with Gasteiger partial charge in [-0.2, -0.15) is 0 Å². The van der Waals surface area contributed by atoms with Crippen molar-refractivity contribution in [3.8, 4) is 0 Å². The molecule has 5 rings (SSSR count). The van der Waals surface area contributed by atoms with Crippen molar-refractivity contribution in [1.29, 1.82) is 0 Å². The minimum atomic E-state index is -1.05. The van der Waals surface area contributed by atoms with Gasteiger partial charge in [0.05, 0.1) is 12.3 Å². The van der Waals surface area contributed by atoms with Crippen LogP contribution in [0.3, 0.4) is 0 Å². The van der Waals surface area contributed by atoms with Gasteiger partial charge in [0.1, 0.15) is 29.5 Å². The lowest BCUT2D eigenvalue weighted by Gasteiger charge is -2.28. The van der Waals surface area contributed by atoms with Crippen molar-refractivity contribution >= 4 is 58.4 Å². The van der Waals surface area contributed by atoms with Crippen molar-refractivity contribution in [3.63, 3.8) is 0 Å². The summed E-state index contributed by atoms with van der Waals surface area (Å²) in [6.45, 7) is 4.15. The number of ether oxygens (including phenoxy) is 1. The highest BCUT2D eigenvalue weighted by Crippen LogP contribution is 2.40. The average Bonchev–Trinajstić information content (AvgIpc) is 3.21. The van der Waals surface area contributed by atoms with Crippen molar-refractivity contribution in [2.24, 2.45) is 5.92 Å². The third-order valence-corrected chi connectivity index (χ3v) is 8.03. The summed E-state index contributed by atoms with van der Waals surface area (Å²) in [5.41, 5.74) is -0.323. The lowest BCUT2D eigenvalue weighted by molar-refractivity contribution is -0.146. The van der Waals surface area contributed by atoms with Crippen LogP contribution in [0.15, 0.2) is 30.1 Å². The Labute approximate surface area is 235 Å². The summed E-state index contributed by atoms with van der Waals surface area (Å²) < 4.78 is 4.85. The molecule has 0 bridgehead atoms. The van der Waals surface area contributed by atoms with Crippen LogP contribution in [0.2, 0.25) is 10.0 Å². The minimum absolute atomic E-state index is 0.202.